The molecule has 2 atom stereocenters. The standard InChI is InChI=1S/C24H19N3O2/c1-2-12-23-18(7-1)17-26-27(23)19-8-5-9-20(15-19)28-21-10-6-11-22(16-21)29-24-13-3-4-14-25-24/h1-18,23H. The van der Waals surface area contributed by atoms with Crippen molar-refractivity contribution in [1.29, 1.82) is 0 Å². The van der Waals surface area contributed by atoms with E-state index in [2.05, 4.69) is 34.4 Å². The number of anilines is 1. The molecule has 5 rings (SSSR count). The van der Waals surface area contributed by atoms with E-state index in [0.717, 1.165) is 11.4 Å². The van der Waals surface area contributed by atoms with Gasteiger partial charge in [0.05, 0.1) is 11.7 Å². The zero-order valence-corrected chi connectivity index (χ0v) is 15.6. The van der Waals surface area contributed by atoms with Gasteiger partial charge in [-0.15, -0.1) is 0 Å². The number of hydrogen-bond acceptors (Lipinski definition) is 5. The highest BCUT2D eigenvalue weighted by Gasteiger charge is 2.29. The van der Waals surface area contributed by atoms with Crippen LogP contribution in [-0.2, 0) is 0 Å². The fourth-order valence-corrected chi connectivity index (χ4v) is 3.41. The van der Waals surface area contributed by atoms with E-state index in [9.17, 15) is 0 Å². The number of hydrazone groups is 1. The Kier molecular flexibility index (Phi) is 4.54. The van der Waals surface area contributed by atoms with Gasteiger partial charge in [0.15, 0.2) is 0 Å². The van der Waals surface area contributed by atoms with Crippen LogP contribution in [0.15, 0.2) is 102 Å². The van der Waals surface area contributed by atoms with Crippen molar-refractivity contribution in [2.75, 3.05) is 5.01 Å². The van der Waals surface area contributed by atoms with Crippen molar-refractivity contribution in [3.05, 3.63) is 97.2 Å². The third-order valence-corrected chi connectivity index (χ3v) is 4.78. The van der Waals surface area contributed by atoms with E-state index < -0.39 is 0 Å². The molecule has 5 heteroatoms. The predicted octanol–water partition coefficient (Wildman–Crippen LogP) is 5.58. The average molecular weight is 381 g/mol. The van der Waals surface area contributed by atoms with Crippen LogP contribution in [0.5, 0.6) is 23.1 Å². The van der Waals surface area contributed by atoms with E-state index in [1.54, 1.807) is 6.20 Å². The van der Waals surface area contributed by atoms with Gasteiger partial charge in [-0.25, -0.2) is 4.98 Å². The van der Waals surface area contributed by atoms with Crippen molar-refractivity contribution in [3.63, 3.8) is 0 Å². The van der Waals surface area contributed by atoms with Gasteiger partial charge in [-0.2, -0.15) is 5.10 Å². The number of nitrogens with zero attached hydrogens (tertiary/aromatic N) is 3. The topological polar surface area (TPSA) is 47.0 Å². The van der Waals surface area contributed by atoms with Crippen molar-refractivity contribution in [3.8, 4) is 23.1 Å². The van der Waals surface area contributed by atoms with E-state index in [-0.39, 0.29) is 6.04 Å². The molecule has 2 heterocycles. The Balaban J connectivity index is 1.33. The number of hydrogen-bond donors (Lipinski definition) is 0. The molecular weight excluding hydrogens is 362 g/mol. The molecule has 0 saturated heterocycles. The molecule has 5 nitrogen and oxygen atoms in total. The highest BCUT2D eigenvalue weighted by atomic mass is 16.5. The Morgan fingerprint density at radius 3 is 2.41 bits per heavy atom. The van der Waals surface area contributed by atoms with Crippen LogP contribution in [0.1, 0.15) is 0 Å². The zero-order valence-electron chi connectivity index (χ0n) is 15.6. The molecule has 1 aromatic heterocycles. The van der Waals surface area contributed by atoms with Crippen LogP contribution in [0.4, 0.5) is 5.69 Å². The Bertz CT molecular complexity index is 1090. The SMILES string of the molecule is C1=CC2C=NN(c3cccc(Oc4cccc(Oc5ccccn5)c4)c3)C2C=C1. The number of rotatable bonds is 5. The van der Waals surface area contributed by atoms with Crippen molar-refractivity contribution >= 4 is 11.9 Å². The summed E-state index contributed by atoms with van der Waals surface area (Å²) in [4.78, 5) is 4.18. The van der Waals surface area contributed by atoms with Gasteiger partial charge in [0.2, 0.25) is 5.88 Å². The molecule has 1 aliphatic heterocycles. The van der Waals surface area contributed by atoms with E-state index in [1.165, 1.54) is 0 Å². The molecule has 2 aliphatic rings. The smallest absolute Gasteiger partial charge is 0.219 e. The molecule has 0 radical (unpaired) electrons. The van der Waals surface area contributed by atoms with Crippen LogP contribution in [0.2, 0.25) is 0 Å². The summed E-state index contributed by atoms with van der Waals surface area (Å²) in [7, 11) is 0. The first-order valence-electron chi connectivity index (χ1n) is 9.50. The summed E-state index contributed by atoms with van der Waals surface area (Å²) in [6.45, 7) is 0. The maximum absolute atomic E-state index is 6.08. The lowest BCUT2D eigenvalue weighted by atomic mass is 9.97. The van der Waals surface area contributed by atoms with Crippen molar-refractivity contribution < 1.29 is 9.47 Å². The quantitative estimate of drug-likeness (QED) is 0.579. The summed E-state index contributed by atoms with van der Waals surface area (Å²) >= 11 is 0. The number of aromatic nitrogens is 1. The maximum Gasteiger partial charge on any atom is 0.219 e. The zero-order chi connectivity index (χ0) is 19.5. The fraction of sp³-hybridized carbons (Fsp3) is 0.0833. The summed E-state index contributed by atoms with van der Waals surface area (Å²) in [5, 5.41) is 6.61. The second-order valence-corrected chi connectivity index (χ2v) is 6.79. The van der Waals surface area contributed by atoms with Gasteiger partial charge >= 0.3 is 0 Å². The normalized spacial score (nSPS) is 19.2. The number of fused-ring (bicyclic) bond motifs is 1. The summed E-state index contributed by atoms with van der Waals surface area (Å²) in [6.07, 6.45) is 12.2. The molecule has 3 aromatic rings. The predicted molar refractivity (Wildman–Crippen MR) is 114 cm³/mol. The average Bonchev–Trinajstić information content (AvgIpc) is 3.19. The Morgan fingerprint density at radius 1 is 0.759 bits per heavy atom. The van der Waals surface area contributed by atoms with E-state index in [4.69, 9.17) is 9.47 Å². The number of benzene rings is 2. The summed E-state index contributed by atoms with van der Waals surface area (Å²) in [6, 6.07) is 21.2. The highest BCUT2D eigenvalue weighted by Crippen LogP contribution is 2.33. The first kappa shape index (κ1) is 17.3. The monoisotopic (exact) mass is 381 g/mol. The molecule has 29 heavy (non-hydrogen) atoms. The van der Waals surface area contributed by atoms with Gasteiger partial charge in [-0.05, 0) is 30.3 Å². The van der Waals surface area contributed by atoms with E-state index in [0.29, 0.717) is 23.3 Å². The van der Waals surface area contributed by atoms with E-state index in [1.807, 2.05) is 78.0 Å². The first-order valence-corrected chi connectivity index (χ1v) is 9.50. The lowest BCUT2D eigenvalue weighted by Gasteiger charge is -2.25. The Labute approximate surface area is 169 Å². The molecule has 1 aliphatic carbocycles. The third-order valence-electron chi connectivity index (χ3n) is 4.78. The van der Waals surface area contributed by atoms with Crippen LogP contribution >= 0.6 is 0 Å². The fourth-order valence-electron chi connectivity index (χ4n) is 3.41. The maximum atomic E-state index is 6.08. The second-order valence-electron chi connectivity index (χ2n) is 6.79. The van der Waals surface area contributed by atoms with Gasteiger partial charge in [-0.3, -0.25) is 5.01 Å². The van der Waals surface area contributed by atoms with Crippen LogP contribution in [-0.4, -0.2) is 17.2 Å². The third kappa shape index (κ3) is 3.75. The largest absolute Gasteiger partial charge is 0.457 e. The van der Waals surface area contributed by atoms with Gasteiger partial charge in [-0.1, -0.05) is 42.5 Å². The van der Waals surface area contributed by atoms with Gasteiger partial charge in [0.25, 0.3) is 0 Å². The first-order chi connectivity index (χ1) is 14.3. The van der Waals surface area contributed by atoms with Crippen molar-refractivity contribution in [1.82, 2.24) is 4.98 Å². The lowest BCUT2D eigenvalue weighted by molar-refractivity contribution is 0.449. The molecule has 0 amide bonds. The van der Waals surface area contributed by atoms with Gasteiger partial charge in [0, 0.05) is 36.5 Å². The molecule has 0 fully saturated rings. The summed E-state index contributed by atoms with van der Waals surface area (Å²) in [5.41, 5.74) is 0.993. The van der Waals surface area contributed by atoms with Gasteiger partial charge < -0.3 is 9.47 Å². The van der Waals surface area contributed by atoms with Crippen LogP contribution in [0.3, 0.4) is 0 Å². The molecule has 0 saturated carbocycles. The highest BCUT2D eigenvalue weighted by molar-refractivity contribution is 5.74. The Morgan fingerprint density at radius 2 is 1.55 bits per heavy atom. The second kappa shape index (κ2) is 7.64. The Hall–Kier alpha value is -3.86. The van der Waals surface area contributed by atoms with Crippen LogP contribution in [0.25, 0.3) is 0 Å². The lowest BCUT2D eigenvalue weighted by Crippen LogP contribution is -2.30. The van der Waals surface area contributed by atoms with E-state index >= 15 is 0 Å². The molecule has 2 aromatic carbocycles. The van der Waals surface area contributed by atoms with Crippen LogP contribution < -0.4 is 14.5 Å². The van der Waals surface area contributed by atoms with Gasteiger partial charge in [0.1, 0.15) is 17.2 Å². The number of ether oxygens (including phenoxy) is 2. The number of allylic oxidation sites excluding steroid dienone is 2. The van der Waals surface area contributed by atoms with Crippen molar-refractivity contribution in [2.24, 2.45) is 11.0 Å². The molecule has 2 unspecified atom stereocenters. The summed E-state index contributed by atoms with van der Waals surface area (Å²) in [5.74, 6) is 2.96. The molecule has 0 spiro atoms. The summed E-state index contributed by atoms with van der Waals surface area (Å²) < 4.78 is 11.9. The minimum atomic E-state index is 0.213. The molecule has 142 valence electrons. The van der Waals surface area contributed by atoms with Crippen LogP contribution in [0, 0.1) is 5.92 Å². The van der Waals surface area contributed by atoms with Crippen molar-refractivity contribution in [2.45, 2.75) is 6.04 Å². The molecular formula is C24H19N3O2. The minimum Gasteiger partial charge on any atom is -0.457 e. The number of pyridine rings is 1. The molecule has 0 bridgehead atoms. The molecule has 0 N–H and O–H groups in total. The minimum absolute atomic E-state index is 0.213.